The predicted molar refractivity (Wildman–Crippen MR) is 183 cm³/mol. The van der Waals surface area contributed by atoms with Crippen molar-refractivity contribution in [1.82, 2.24) is 9.88 Å². The van der Waals surface area contributed by atoms with Gasteiger partial charge in [-0.05, 0) is 47.5 Å². The third kappa shape index (κ3) is 6.98. The minimum Gasteiger partial charge on any atom is -0.497 e. The van der Waals surface area contributed by atoms with Crippen LogP contribution in [0.2, 0.25) is 0 Å². The Balaban J connectivity index is 1.16. The second kappa shape index (κ2) is 13.7. The lowest BCUT2D eigenvalue weighted by Crippen LogP contribution is -2.49. The number of hydrogen-bond acceptors (Lipinski definition) is 9. The molecule has 2 heterocycles. The molecule has 0 saturated carbocycles. The van der Waals surface area contributed by atoms with E-state index in [1.165, 1.54) is 32.4 Å². The highest BCUT2D eigenvalue weighted by Gasteiger charge is 2.27. The number of aromatic nitrogens is 1. The largest absolute Gasteiger partial charge is 0.497 e. The van der Waals surface area contributed by atoms with E-state index in [1.54, 1.807) is 58.7 Å². The van der Waals surface area contributed by atoms with Crippen LogP contribution in [0.4, 0.5) is 10.8 Å². The summed E-state index contributed by atoms with van der Waals surface area (Å²) in [5, 5.41) is 2.93. The first-order valence-electron chi connectivity index (χ1n) is 14.8. The maximum atomic E-state index is 13.8. The lowest BCUT2D eigenvalue weighted by molar-refractivity contribution is 0.0600. The molecular formula is C35H32N4O6S2. The number of carbonyl (C=O) groups excluding carboxylic acids is 2. The van der Waals surface area contributed by atoms with Crippen LogP contribution in [-0.4, -0.2) is 70.6 Å². The molecule has 1 aromatic heterocycles. The summed E-state index contributed by atoms with van der Waals surface area (Å²) in [6.07, 6.45) is 0. The lowest BCUT2D eigenvalue weighted by Gasteiger charge is -2.35. The second-order valence-electron chi connectivity index (χ2n) is 10.8. The van der Waals surface area contributed by atoms with Gasteiger partial charge in [-0.25, -0.2) is 18.2 Å². The van der Waals surface area contributed by atoms with Gasteiger partial charge in [0.25, 0.3) is 15.9 Å². The van der Waals surface area contributed by atoms with Crippen molar-refractivity contribution in [3.63, 3.8) is 0 Å². The van der Waals surface area contributed by atoms with Crippen LogP contribution in [-0.2, 0) is 14.8 Å². The predicted octanol–water partition coefficient (Wildman–Crippen LogP) is 6.04. The summed E-state index contributed by atoms with van der Waals surface area (Å²) in [6.45, 7) is 2.10. The van der Waals surface area contributed by atoms with Crippen molar-refractivity contribution >= 4 is 44.1 Å². The van der Waals surface area contributed by atoms with E-state index in [9.17, 15) is 18.0 Å². The van der Waals surface area contributed by atoms with Crippen LogP contribution in [0, 0.1) is 0 Å². The van der Waals surface area contributed by atoms with Gasteiger partial charge in [-0.2, -0.15) is 0 Å². The van der Waals surface area contributed by atoms with E-state index in [-0.39, 0.29) is 22.1 Å². The van der Waals surface area contributed by atoms with Crippen LogP contribution in [0.15, 0.2) is 107 Å². The van der Waals surface area contributed by atoms with Crippen LogP contribution < -0.4 is 14.4 Å². The molecule has 5 aromatic rings. The molecule has 0 aliphatic carbocycles. The average molecular weight is 669 g/mol. The first-order valence-corrected chi connectivity index (χ1v) is 17.2. The Labute approximate surface area is 277 Å². The van der Waals surface area contributed by atoms with E-state index >= 15 is 0 Å². The zero-order chi connectivity index (χ0) is 33.0. The maximum absolute atomic E-state index is 13.8. The second-order valence-corrected chi connectivity index (χ2v) is 13.3. The first kappa shape index (κ1) is 31.8. The molecule has 0 atom stereocenters. The smallest absolute Gasteiger partial charge is 0.337 e. The highest BCUT2D eigenvalue weighted by Crippen LogP contribution is 2.31. The Morgan fingerprint density at radius 2 is 1.53 bits per heavy atom. The Morgan fingerprint density at radius 1 is 0.809 bits per heavy atom. The number of esters is 1. The van der Waals surface area contributed by atoms with Gasteiger partial charge in [-0.15, -0.1) is 11.3 Å². The number of ether oxygens (including phenoxy) is 2. The van der Waals surface area contributed by atoms with E-state index in [0.717, 1.165) is 27.5 Å². The molecule has 0 spiro atoms. The minimum atomic E-state index is -4.08. The number of piperazine rings is 1. The van der Waals surface area contributed by atoms with Gasteiger partial charge in [0, 0.05) is 43.2 Å². The summed E-state index contributed by atoms with van der Waals surface area (Å²) in [5.74, 6) is -0.337. The molecule has 12 heteroatoms. The molecule has 4 aromatic carbocycles. The molecular weight excluding hydrogens is 637 g/mol. The SMILES string of the molecule is COC(=O)c1cccc(-c2ccc(S(=O)(=O)Nc3cc(OC)ccc3C(=O)N3CCN(c4nc(-c5ccccc5)cs4)CC3)cc2)c1. The van der Waals surface area contributed by atoms with Crippen LogP contribution in [0.25, 0.3) is 22.4 Å². The number of hydrogen-bond donors (Lipinski definition) is 1. The zero-order valence-corrected chi connectivity index (χ0v) is 27.4. The molecule has 0 unspecified atom stereocenters. The fourth-order valence-electron chi connectivity index (χ4n) is 5.32. The summed E-state index contributed by atoms with van der Waals surface area (Å²) < 4.78 is 39.8. The quantitative estimate of drug-likeness (QED) is 0.189. The monoisotopic (exact) mass is 668 g/mol. The lowest BCUT2D eigenvalue weighted by atomic mass is 10.0. The molecule has 1 N–H and O–H groups in total. The van der Waals surface area contributed by atoms with E-state index < -0.39 is 16.0 Å². The molecule has 1 saturated heterocycles. The summed E-state index contributed by atoms with van der Waals surface area (Å²) >= 11 is 1.57. The number of benzene rings is 4. The fourth-order valence-corrected chi connectivity index (χ4v) is 7.28. The third-order valence-electron chi connectivity index (χ3n) is 7.88. The number of thiazole rings is 1. The molecule has 6 rings (SSSR count). The Bertz CT molecular complexity index is 2010. The number of anilines is 2. The molecule has 0 bridgehead atoms. The summed E-state index contributed by atoms with van der Waals surface area (Å²) in [5.41, 5.74) is 4.16. The third-order valence-corrected chi connectivity index (χ3v) is 10.2. The van der Waals surface area contributed by atoms with Crippen LogP contribution in [0.1, 0.15) is 20.7 Å². The summed E-state index contributed by atoms with van der Waals surface area (Å²) in [6, 6.07) is 27.9. The molecule has 47 heavy (non-hydrogen) atoms. The van der Waals surface area contributed by atoms with Crippen LogP contribution in [0.5, 0.6) is 5.75 Å². The van der Waals surface area contributed by atoms with Gasteiger partial charge >= 0.3 is 5.97 Å². The summed E-state index contributed by atoms with van der Waals surface area (Å²) in [7, 11) is -1.29. The van der Waals surface area contributed by atoms with Crippen molar-refractivity contribution in [2.75, 3.05) is 50.0 Å². The van der Waals surface area contributed by atoms with Crippen molar-refractivity contribution < 1.29 is 27.5 Å². The number of amides is 1. The van der Waals surface area contributed by atoms with Gasteiger partial charge in [0.2, 0.25) is 0 Å². The van der Waals surface area contributed by atoms with Crippen molar-refractivity contribution in [2.45, 2.75) is 4.90 Å². The Morgan fingerprint density at radius 3 is 2.23 bits per heavy atom. The number of methoxy groups -OCH3 is 2. The summed E-state index contributed by atoms with van der Waals surface area (Å²) in [4.78, 5) is 34.4. The zero-order valence-electron chi connectivity index (χ0n) is 25.8. The van der Waals surface area contributed by atoms with Gasteiger partial charge in [-0.3, -0.25) is 9.52 Å². The number of nitrogens with one attached hydrogen (secondary N) is 1. The van der Waals surface area contributed by atoms with Gasteiger partial charge in [0.05, 0.1) is 41.6 Å². The molecule has 1 aliphatic heterocycles. The highest BCUT2D eigenvalue weighted by atomic mass is 32.2. The van der Waals surface area contributed by atoms with Crippen LogP contribution >= 0.6 is 11.3 Å². The van der Waals surface area contributed by atoms with Gasteiger partial charge in [0.1, 0.15) is 5.75 Å². The molecule has 10 nitrogen and oxygen atoms in total. The van der Waals surface area contributed by atoms with Crippen LogP contribution in [0.3, 0.4) is 0 Å². The van der Waals surface area contributed by atoms with Crippen molar-refractivity contribution in [2.24, 2.45) is 0 Å². The van der Waals surface area contributed by atoms with Gasteiger partial charge < -0.3 is 19.3 Å². The molecule has 0 radical (unpaired) electrons. The minimum absolute atomic E-state index is 0.0125. The normalized spacial score (nSPS) is 13.2. The topological polar surface area (TPSA) is 118 Å². The van der Waals surface area contributed by atoms with E-state index in [0.29, 0.717) is 37.5 Å². The molecule has 1 fully saturated rings. The molecule has 1 aliphatic rings. The van der Waals surface area contributed by atoms with Crippen molar-refractivity contribution in [3.05, 3.63) is 114 Å². The fraction of sp³-hybridized carbons (Fsp3) is 0.171. The molecule has 1 amide bonds. The first-order chi connectivity index (χ1) is 22.8. The number of carbonyl (C=O) groups is 2. The Kier molecular flexibility index (Phi) is 9.23. The van der Waals surface area contributed by atoms with Crippen molar-refractivity contribution in [3.8, 4) is 28.1 Å². The average Bonchev–Trinajstić information content (AvgIpc) is 3.62. The van der Waals surface area contributed by atoms with E-state index in [4.69, 9.17) is 14.5 Å². The number of sulfonamides is 1. The highest BCUT2D eigenvalue weighted by molar-refractivity contribution is 7.92. The van der Waals surface area contributed by atoms with E-state index in [2.05, 4.69) is 9.62 Å². The Hall–Kier alpha value is -5.20. The standard InChI is InChI=1S/C35H32N4O6S2/c1-44-28-13-16-30(33(40)38-17-19-39(20-18-38)35-36-32(23-46-35)25-7-4-3-5-8-25)31(22-28)37-47(42,43)29-14-11-24(12-15-29)26-9-6-10-27(21-26)34(41)45-2/h3-16,21-23,37H,17-20H2,1-2H3. The van der Waals surface area contributed by atoms with Gasteiger partial charge in [0.15, 0.2) is 5.13 Å². The van der Waals surface area contributed by atoms with E-state index in [1.807, 2.05) is 41.8 Å². The number of nitrogens with zero attached hydrogens (tertiary/aromatic N) is 3. The van der Waals surface area contributed by atoms with Crippen molar-refractivity contribution in [1.29, 1.82) is 0 Å². The maximum Gasteiger partial charge on any atom is 0.337 e. The number of rotatable bonds is 9. The van der Waals surface area contributed by atoms with Gasteiger partial charge in [-0.1, -0.05) is 54.6 Å². The molecule has 240 valence electrons.